The number of carbonyl (C=O) groups is 1. The van der Waals surface area contributed by atoms with E-state index in [1.165, 1.54) is 11.4 Å². The van der Waals surface area contributed by atoms with Crippen molar-refractivity contribution in [1.29, 1.82) is 0 Å². The van der Waals surface area contributed by atoms with Crippen molar-refractivity contribution in [3.8, 4) is 0 Å². The number of likely N-dealkylation sites (tertiary alicyclic amines) is 1. The van der Waals surface area contributed by atoms with Crippen LogP contribution in [0.2, 0.25) is 0 Å². The van der Waals surface area contributed by atoms with E-state index in [0.717, 1.165) is 25.8 Å². The van der Waals surface area contributed by atoms with E-state index in [1.54, 1.807) is 11.8 Å². The number of piperidine rings is 1. The van der Waals surface area contributed by atoms with E-state index in [2.05, 4.69) is 0 Å². The lowest BCUT2D eigenvalue weighted by atomic mass is 10.00. The molecule has 0 aromatic rings. The van der Waals surface area contributed by atoms with Crippen LogP contribution in [-0.4, -0.2) is 67.2 Å². The first kappa shape index (κ1) is 17.4. The van der Waals surface area contributed by atoms with Gasteiger partial charge in [-0.3, -0.25) is 4.79 Å². The Morgan fingerprint density at radius 3 is 2.70 bits per heavy atom. The number of hydrogen-bond acceptors (Lipinski definition) is 4. The third-order valence-electron chi connectivity index (χ3n) is 3.85. The van der Waals surface area contributed by atoms with Gasteiger partial charge >= 0.3 is 0 Å². The second-order valence-corrected chi connectivity index (χ2v) is 7.56. The molecular formula is C13H26N2O4S. The molecule has 0 aliphatic carbocycles. The summed E-state index contributed by atoms with van der Waals surface area (Å²) in [4.78, 5) is 13.3. The molecule has 1 aliphatic heterocycles. The van der Waals surface area contributed by atoms with E-state index in [0.29, 0.717) is 19.4 Å². The Hall–Kier alpha value is -0.660. The first-order valence-electron chi connectivity index (χ1n) is 7.20. The van der Waals surface area contributed by atoms with Crippen LogP contribution in [0, 0.1) is 0 Å². The summed E-state index contributed by atoms with van der Waals surface area (Å²) in [5, 5.41) is 8.74. The summed E-state index contributed by atoms with van der Waals surface area (Å²) >= 11 is 0. The average molecular weight is 306 g/mol. The summed E-state index contributed by atoms with van der Waals surface area (Å²) in [6.45, 7) is 2.60. The van der Waals surface area contributed by atoms with Crippen molar-refractivity contribution >= 4 is 15.9 Å². The van der Waals surface area contributed by atoms with Crippen molar-refractivity contribution in [2.45, 2.75) is 45.1 Å². The lowest BCUT2D eigenvalue weighted by molar-refractivity contribution is -0.132. The molecule has 6 nitrogen and oxygen atoms in total. The molecule has 0 radical (unpaired) electrons. The third kappa shape index (κ3) is 5.03. The molecule has 0 saturated carbocycles. The highest BCUT2D eigenvalue weighted by atomic mass is 32.2. The summed E-state index contributed by atoms with van der Waals surface area (Å²) in [6.07, 6.45) is 3.87. The second-order valence-electron chi connectivity index (χ2n) is 5.37. The molecule has 1 atom stereocenters. The van der Waals surface area contributed by atoms with Crippen LogP contribution in [0.3, 0.4) is 0 Å². The second kappa shape index (κ2) is 7.95. The van der Waals surface area contributed by atoms with Gasteiger partial charge in [0.05, 0.1) is 5.75 Å². The summed E-state index contributed by atoms with van der Waals surface area (Å²) in [7, 11) is -1.76. The maximum absolute atomic E-state index is 12.1. The Bertz CT molecular complexity index is 411. The Morgan fingerprint density at radius 2 is 2.10 bits per heavy atom. The van der Waals surface area contributed by atoms with Crippen molar-refractivity contribution < 1.29 is 18.3 Å². The van der Waals surface area contributed by atoms with Gasteiger partial charge in [-0.1, -0.05) is 0 Å². The maximum atomic E-state index is 12.1. The molecule has 1 unspecified atom stereocenters. The van der Waals surface area contributed by atoms with Gasteiger partial charge in [-0.05, 0) is 32.1 Å². The van der Waals surface area contributed by atoms with E-state index in [9.17, 15) is 13.2 Å². The maximum Gasteiger partial charge on any atom is 0.219 e. The Labute approximate surface area is 121 Å². The van der Waals surface area contributed by atoms with Crippen molar-refractivity contribution in [2.24, 2.45) is 0 Å². The fourth-order valence-electron chi connectivity index (χ4n) is 2.59. The standard InChI is InChI=1S/C13H26N2O4S/c1-12(17)15-9-4-3-6-13(15)7-11-20(18,19)14(2)8-5-10-16/h13,16H,3-11H2,1-2H3. The normalized spacial score (nSPS) is 20.4. The van der Waals surface area contributed by atoms with Crippen LogP contribution in [0.25, 0.3) is 0 Å². The molecule has 1 amide bonds. The van der Waals surface area contributed by atoms with E-state index in [-0.39, 0.29) is 24.3 Å². The predicted octanol–water partition coefficient (Wildman–Crippen LogP) is 0.422. The quantitative estimate of drug-likeness (QED) is 0.739. The number of aliphatic hydroxyl groups excluding tert-OH is 1. The number of carbonyl (C=O) groups excluding carboxylic acids is 1. The number of nitrogens with zero attached hydrogens (tertiary/aromatic N) is 2. The van der Waals surface area contributed by atoms with Gasteiger partial charge in [-0.15, -0.1) is 0 Å². The van der Waals surface area contributed by atoms with Crippen molar-refractivity contribution in [2.75, 3.05) is 32.5 Å². The molecule has 1 N–H and O–H groups in total. The lowest BCUT2D eigenvalue weighted by Gasteiger charge is -2.35. The zero-order valence-electron chi connectivity index (χ0n) is 12.4. The summed E-state index contributed by atoms with van der Waals surface area (Å²) in [5.74, 6) is 0.0874. The number of sulfonamides is 1. The molecular weight excluding hydrogens is 280 g/mol. The number of aliphatic hydroxyl groups is 1. The SMILES string of the molecule is CC(=O)N1CCCCC1CCS(=O)(=O)N(C)CCCO. The molecule has 0 aromatic heterocycles. The van der Waals surface area contributed by atoms with Gasteiger partial charge in [0, 0.05) is 39.7 Å². The molecule has 1 saturated heterocycles. The van der Waals surface area contributed by atoms with Crippen molar-refractivity contribution in [3.63, 3.8) is 0 Å². The first-order valence-corrected chi connectivity index (χ1v) is 8.81. The summed E-state index contributed by atoms with van der Waals surface area (Å²) in [6, 6.07) is 0.0438. The van der Waals surface area contributed by atoms with Crippen LogP contribution >= 0.6 is 0 Å². The predicted molar refractivity (Wildman–Crippen MR) is 77.8 cm³/mol. The number of hydrogen-bond donors (Lipinski definition) is 1. The van der Waals surface area contributed by atoms with Crippen LogP contribution in [-0.2, 0) is 14.8 Å². The van der Waals surface area contributed by atoms with E-state index in [1.807, 2.05) is 0 Å². The summed E-state index contributed by atoms with van der Waals surface area (Å²) in [5.41, 5.74) is 0. The van der Waals surface area contributed by atoms with Crippen molar-refractivity contribution in [1.82, 2.24) is 9.21 Å². The molecule has 0 bridgehead atoms. The Morgan fingerprint density at radius 1 is 1.40 bits per heavy atom. The van der Waals surface area contributed by atoms with Gasteiger partial charge < -0.3 is 10.0 Å². The van der Waals surface area contributed by atoms with E-state index in [4.69, 9.17) is 5.11 Å². The number of rotatable bonds is 7. The van der Waals surface area contributed by atoms with Crippen LogP contribution in [0.5, 0.6) is 0 Å². The monoisotopic (exact) mass is 306 g/mol. The van der Waals surface area contributed by atoms with Crippen LogP contribution in [0.15, 0.2) is 0 Å². The molecule has 118 valence electrons. The zero-order chi connectivity index (χ0) is 15.2. The third-order valence-corrected chi connectivity index (χ3v) is 5.73. The van der Waals surface area contributed by atoms with Gasteiger partial charge in [-0.25, -0.2) is 12.7 Å². The fourth-order valence-corrected chi connectivity index (χ4v) is 3.88. The fraction of sp³-hybridized carbons (Fsp3) is 0.923. The number of amides is 1. The Kier molecular flexibility index (Phi) is 6.91. The minimum Gasteiger partial charge on any atom is -0.396 e. The molecule has 7 heteroatoms. The molecule has 1 aliphatic rings. The summed E-state index contributed by atoms with van der Waals surface area (Å²) < 4.78 is 25.5. The average Bonchev–Trinajstić information content (AvgIpc) is 2.42. The van der Waals surface area contributed by atoms with Crippen LogP contribution in [0.1, 0.15) is 39.0 Å². The highest BCUT2D eigenvalue weighted by Gasteiger charge is 2.27. The van der Waals surface area contributed by atoms with Gasteiger partial charge in [0.2, 0.25) is 15.9 Å². The van der Waals surface area contributed by atoms with E-state index < -0.39 is 10.0 Å². The molecule has 0 aromatic carbocycles. The van der Waals surface area contributed by atoms with Gasteiger partial charge in [0.25, 0.3) is 0 Å². The minimum absolute atomic E-state index is 0.0133. The van der Waals surface area contributed by atoms with E-state index >= 15 is 0 Å². The Balaban J connectivity index is 2.53. The van der Waals surface area contributed by atoms with Crippen molar-refractivity contribution in [3.05, 3.63) is 0 Å². The zero-order valence-corrected chi connectivity index (χ0v) is 13.2. The lowest BCUT2D eigenvalue weighted by Crippen LogP contribution is -2.44. The van der Waals surface area contributed by atoms with Gasteiger partial charge in [-0.2, -0.15) is 0 Å². The molecule has 1 heterocycles. The molecule has 0 spiro atoms. The minimum atomic E-state index is -3.30. The highest BCUT2D eigenvalue weighted by molar-refractivity contribution is 7.89. The van der Waals surface area contributed by atoms with Crippen LogP contribution < -0.4 is 0 Å². The van der Waals surface area contributed by atoms with Crippen LogP contribution in [0.4, 0.5) is 0 Å². The highest BCUT2D eigenvalue weighted by Crippen LogP contribution is 2.20. The largest absolute Gasteiger partial charge is 0.396 e. The van der Waals surface area contributed by atoms with Gasteiger partial charge in [0.15, 0.2) is 0 Å². The van der Waals surface area contributed by atoms with Gasteiger partial charge in [0.1, 0.15) is 0 Å². The molecule has 1 fully saturated rings. The molecule has 20 heavy (non-hydrogen) atoms. The first-order chi connectivity index (χ1) is 9.38. The smallest absolute Gasteiger partial charge is 0.219 e. The molecule has 1 rings (SSSR count). The topological polar surface area (TPSA) is 77.9 Å².